The van der Waals surface area contributed by atoms with Crippen LogP contribution in [0.25, 0.3) is 0 Å². The molecule has 14 heteroatoms. The van der Waals surface area contributed by atoms with Crippen LogP contribution < -0.4 is 11.1 Å². The Hall–Kier alpha value is -3.94. The number of benzene rings is 2. The van der Waals surface area contributed by atoms with Crippen LogP contribution in [0.4, 0.5) is 26.3 Å². The summed E-state index contributed by atoms with van der Waals surface area (Å²) in [6.07, 6.45) is -5.18. The number of amidine groups is 1. The molecule has 0 spiro atoms. The molecule has 192 valence electrons. The number of hydrogen-bond donors (Lipinski definition) is 2. The Labute approximate surface area is 199 Å². The van der Waals surface area contributed by atoms with Crippen molar-refractivity contribution in [2.24, 2.45) is 10.7 Å². The Morgan fingerprint density at radius 3 is 2.19 bits per heavy atom. The molecule has 3 rings (SSSR count). The quantitative estimate of drug-likeness (QED) is 0.274. The number of carbonyl (C=O) groups excluding carboxylic acids is 3. The van der Waals surface area contributed by atoms with Gasteiger partial charge in [-0.15, -0.1) is 0 Å². The lowest BCUT2D eigenvalue weighted by atomic mass is 10.1. The normalized spacial score (nSPS) is 16.6. The minimum absolute atomic E-state index is 0.00263. The molecule has 3 N–H and O–H groups in total. The largest absolute Gasteiger partial charge is 0.473 e. The average molecular weight is 516 g/mol. The predicted octanol–water partition coefficient (Wildman–Crippen LogP) is 2.17. The fraction of sp³-hybridized carbons (Fsp3) is 0.273. The minimum Gasteiger partial charge on any atom is -0.383 e. The van der Waals surface area contributed by atoms with E-state index in [1.165, 1.54) is 29.2 Å². The number of rotatable bonds is 5. The highest BCUT2D eigenvalue weighted by Gasteiger charge is 2.38. The summed E-state index contributed by atoms with van der Waals surface area (Å²) in [5.41, 5.74) is 5.04. The molecule has 0 aromatic heterocycles. The summed E-state index contributed by atoms with van der Waals surface area (Å²) in [6, 6.07) is 5.27. The number of carbonyl (C=O) groups is 3. The first-order chi connectivity index (χ1) is 16.9. The first-order valence-corrected chi connectivity index (χ1v) is 10.3. The Kier molecular flexibility index (Phi) is 7.97. The summed E-state index contributed by atoms with van der Waals surface area (Å²) in [5, 5.41) is 2.55. The van der Waals surface area contributed by atoms with E-state index in [0.717, 1.165) is 0 Å². The molecule has 0 bridgehead atoms. The average Bonchev–Trinajstić information content (AvgIpc) is 2.84. The van der Waals surface area contributed by atoms with Crippen LogP contribution in [0.1, 0.15) is 26.3 Å². The zero-order valence-corrected chi connectivity index (χ0v) is 18.2. The minimum atomic E-state index is -5.18. The molecule has 8 nitrogen and oxygen atoms in total. The Morgan fingerprint density at radius 2 is 1.61 bits per heavy atom. The van der Waals surface area contributed by atoms with Crippen molar-refractivity contribution < 1.29 is 45.5 Å². The summed E-state index contributed by atoms with van der Waals surface area (Å²) in [7, 11) is 0. The number of ether oxygens (including phenoxy) is 1. The zero-order valence-electron chi connectivity index (χ0n) is 18.2. The number of halogens is 6. The Morgan fingerprint density at radius 1 is 1.03 bits per heavy atom. The van der Waals surface area contributed by atoms with Crippen molar-refractivity contribution in [3.05, 3.63) is 70.5 Å². The molecule has 0 aliphatic carbocycles. The highest BCUT2D eigenvalue weighted by atomic mass is 19.4. The van der Waals surface area contributed by atoms with E-state index in [4.69, 9.17) is 10.5 Å². The van der Waals surface area contributed by atoms with E-state index in [0.29, 0.717) is 12.1 Å². The van der Waals surface area contributed by atoms with Crippen molar-refractivity contribution in [1.29, 1.82) is 0 Å². The maximum absolute atomic E-state index is 13.5. The van der Waals surface area contributed by atoms with Gasteiger partial charge in [0.15, 0.2) is 17.5 Å². The lowest BCUT2D eigenvalue weighted by Gasteiger charge is -2.35. The monoisotopic (exact) mass is 516 g/mol. The number of aliphatic imine (C=N–C) groups is 1. The molecule has 3 amide bonds. The van der Waals surface area contributed by atoms with Gasteiger partial charge in [-0.25, -0.2) is 13.2 Å². The third-order valence-electron chi connectivity index (χ3n) is 5.12. The van der Waals surface area contributed by atoms with E-state index in [2.05, 4.69) is 10.3 Å². The van der Waals surface area contributed by atoms with Crippen molar-refractivity contribution in [1.82, 2.24) is 10.2 Å². The van der Waals surface area contributed by atoms with Crippen molar-refractivity contribution >= 4 is 23.6 Å². The highest BCUT2D eigenvalue weighted by molar-refractivity contribution is 6.05. The van der Waals surface area contributed by atoms with E-state index in [-0.39, 0.29) is 37.4 Å². The third kappa shape index (κ3) is 6.19. The van der Waals surface area contributed by atoms with Gasteiger partial charge in [-0.2, -0.15) is 18.2 Å². The zero-order chi connectivity index (χ0) is 26.6. The fourth-order valence-corrected chi connectivity index (χ4v) is 3.28. The van der Waals surface area contributed by atoms with Crippen LogP contribution in [-0.2, 0) is 9.53 Å². The van der Waals surface area contributed by atoms with Crippen molar-refractivity contribution in [2.75, 3.05) is 26.3 Å². The number of nitrogens with one attached hydrogen (secondary N) is 1. The standard InChI is InChI=1S/C22H18F6N4O4/c23-15-7-13(8-16(24)17(15)25)20(34)32-5-6-36-10-14(32)9-30-19(33)12-3-1-11(2-4-12)18(29)31-21(35)22(26,27)28/h1-4,7-8,14H,5-6,9-10H2,(H,30,33)(H2,29,31,35)/t14-/m0/s1. The summed E-state index contributed by atoms with van der Waals surface area (Å²) < 4.78 is 82.6. The molecule has 1 fully saturated rings. The Bertz CT molecular complexity index is 1180. The Balaban J connectivity index is 1.66. The number of nitrogens with zero attached hydrogens (tertiary/aromatic N) is 2. The predicted molar refractivity (Wildman–Crippen MR) is 113 cm³/mol. The molecule has 1 saturated heterocycles. The summed E-state index contributed by atoms with van der Waals surface area (Å²) in [5.74, 6) is -9.22. The second-order valence-electron chi connectivity index (χ2n) is 7.57. The molecule has 1 heterocycles. The van der Waals surface area contributed by atoms with E-state index in [1.807, 2.05) is 0 Å². The van der Waals surface area contributed by atoms with Gasteiger partial charge in [0.2, 0.25) is 0 Å². The van der Waals surface area contributed by atoms with E-state index < -0.39 is 58.8 Å². The molecule has 0 saturated carbocycles. The van der Waals surface area contributed by atoms with Gasteiger partial charge in [0, 0.05) is 29.8 Å². The molecular formula is C22H18F6N4O4. The van der Waals surface area contributed by atoms with Crippen molar-refractivity contribution in [2.45, 2.75) is 12.2 Å². The first-order valence-electron chi connectivity index (χ1n) is 10.3. The third-order valence-corrected chi connectivity index (χ3v) is 5.12. The fourth-order valence-electron chi connectivity index (χ4n) is 3.28. The van der Waals surface area contributed by atoms with Crippen LogP contribution in [0.3, 0.4) is 0 Å². The van der Waals surface area contributed by atoms with Gasteiger partial charge in [0.05, 0.1) is 19.3 Å². The summed E-state index contributed by atoms with van der Waals surface area (Å²) in [6.45, 7) is 0.0487. The molecular weight excluding hydrogens is 498 g/mol. The van der Waals surface area contributed by atoms with E-state index in [1.54, 1.807) is 0 Å². The highest BCUT2D eigenvalue weighted by Crippen LogP contribution is 2.19. The van der Waals surface area contributed by atoms with Gasteiger partial charge >= 0.3 is 12.1 Å². The van der Waals surface area contributed by atoms with Crippen molar-refractivity contribution in [3.8, 4) is 0 Å². The van der Waals surface area contributed by atoms with Gasteiger partial charge in [0.1, 0.15) is 5.84 Å². The van der Waals surface area contributed by atoms with Gasteiger partial charge in [-0.05, 0) is 24.3 Å². The molecule has 1 aliphatic heterocycles. The van der Waals surface area contributed by atoms with Crippen LogP contribution in [0.5, 0.6) is 0 Å². The SMILES string of the molecule is NC(=NC(=O)C(F)(F)F)c1ccc(C(=O)NC[C@H]2COCCN2C(=O)c2cc(F)c(F)c(F)c2)cc1. The van der Waals surface area contributed by atoms with E-state index >= 15 is 0 Å². The molecule has 36 heavy (non-hydrogen) atoms. The molecule has 2 aromatic rings. The van der Waals surface area contributed by atoms with Gasteiger partial charge in [-0.1, -0.05) is 12.1 Å². The lowest BCUT2D eigenvalue weighted by Crippen LogP contribution is -2.53. The second-order valence-corrected chi connectivity index (χ2v) is 7.57. The molecule has 2 aromatic carbocycles. The number of hydrogen-bond acceptors (Lipinski definition) is 4. The molecule has 1 aliphatic rings. The first kappa shape index (κ1) is 26.7. The smallest absolute Gasteiger partial charge is 0.383 e. The molecule has 0 unspecified atom stereocenters. The van der Waals surface area contributed by atoms with Crippen LogP contribution in [0.15, 0.2) is 41.4 Å². The van der Waals surface area contributed by atoms with Crippen LogP contribution in [0, 0.1) is 17.5 Å². The summed E-state index contributed by atoms with van der Waals surface area (Å²) in [4.78, 5) is 40.2. The second kappa shape index (κ2) is 10.8. The van der Waals surface area contributed by atoms with Crippen LogP contribution in [-0.4, -0.2) is 67.0 Å². The van der Waals surface area contributed by atoms with Crippen LogP contribution >= 0.6 is 0 Å². The van der Waals surface area contributed by atoms with Gasteiger partial charge in [0.25, 0.3) is 11.8 Å². The topological polar surface area (TPSA) is 114 Å². The molecule has 1 atom stereocenters. The lowest BCUT2D eigenvalue weighted by molar-refractivity contribution is -0.169. The van der Waals surface area contributed by atoms with Crippen LogP contribution in [0.2, 0.25) is 0 Å². The number of alkyl halides is 3. The van der Waals surface area contributed by atoms with Crippen molar-refractivity contribution in [3.63, 3.8) is 0 Å². The number of nitrogens with two attached hydrogens (primary N) is 1. The van der Waals surface area contributed by atoms with Gasteiger partial charge in [-0.3, -0.25) is 14.4 Å². The maximum Gasteiger partial charge on any atom is 0.473 e. The van der Waals surface area contributed by atoms with Gasteiger partial charge < -0.3 is 20.7 Å². The van der Waals surface area contributed by atoms with E-state index in [9.17, 15) is 40.7 Å². The maximum atomic E-state index is 13.5. The number of morpholine rings is 1. The summed E-state index contributed by atoms with van der Waals surface area (Å²) >= 11 is 0. The number of amides is 3. The molecule has 0 radical (unpaired) electrons.